The average molecular weight is 385 g/mol. The van der Waals surface area contributed by atoms with Gasteiger partial charge in [0.2, 0.25) is 0 Å². The fourth-order valence-corrected chi connectivity index (χ4v) is 3.69. The Hall–Kier alpha value is -2.80. The summed E-state index contributed by atoms with van der Waals surface area (Å²) in [5, 5.41) is 2.44. The molecule has 1 fully saturated rings. The summed E-state index contributed by atoms with van der Waals surface area (Å²) in [6.07, 6.45) is 1.56. The average Bonchev–Trinajstić information content (AvgIpc) is 2.85. The minimum atomic E-state index is -0.580. The number of rotatable bonds is 3. The number of benzene rings is 1. The van der Waals surface area contributed by atoms with Crippen LogP contribution in [0.1, 0.15) is 36.8 Å². The highest BCUT2D eigenvalue weighted by Crippen LogP contribution is 2.26. The van der Waals surface area contributed by atoms with Crippen molar-refractivity contribution in [3.8, 4) is 0 Å². The quantitative estimate of drug-likeness (QED) is 0.498. The van der Waals surface area contributed by atoms with Crippen molar-refractivity contribution in [3.05, 3.63) is 58.7 Å². The fourth-order valence-electron chi connectivity index (χ4n) is 3.41. The third kappa shape index (κ3) is 3.42. The standard InChI is InChI=1S/C20H20FN3O2S/c1-11(2)23-12(3)8-14(13(23)4)9-17-18(25)22-20(27)24(19(17)26)16-7-5-6-15(21)10-16/h5-11H,1-4H3,(H,22,25,27)/b17-9+. The number of halogens is 1. The zero-order valence-corrected chi connectivity index (χ0v) is 16.4. The van der Waals surface area contributed by atoms with Crippen molar-refractivity contribution in [2.75, 3.05) is 4.90 Å². The molecule has 1 aliphatic heterocycles. The smallest absolute Gasteiger partial charge is 0.270 e. The van der Waals surface area contributed by atoms with E-state index in [9.17, 15) is 14.0 Å². The van der Waals surface area contributed by atoms with Crippen molar-refractivity contribution in [3.63, 3.8) is 0 Å². The second-order valence-electron chi connectivity index (χ2n) is 6.73. The summed E-state index contributed by atoms with van der Waals surface area (Å²) < 4.78 is 15.7. The van der Waals surface area contributed by atoms with Crippen molar-refractivity contribution in [2.24, 2.45) is 0 Å². The number of nitrogens with one attached hydrogen (secondary N) is 1. The molecule has 0 radical (unpaired) electrons. The molecule has 1 saturated heterocycles. The molecule has 0 unspecified atom stereocenters. The first-order valence-electron chi connectivity index (χ1n) is 8.56. The van der Waals surface area contributed by atoms with Crippen LogP contribution in [0.25, 0.3) is 6.08 Å². The summed E-state index contributed by atoms with van der Waals surface area (Å²) in [6.45, 7) is 8.06. The Morgan fingerprint density at radius 1 is 1.19 bits per heavy atom. The topological polar surface area (TPSA) is 54.3 Å². The van der Waals surface area contributed by atoms with Crippen molar-refractivity contribution in [1.29, 1.82) is 0 Å². The molecule has 27 heavy (non-hydrogen) atoms. The fraction of sp³-hybridized carbons (Fsp3) is 0.250. The molecular formula is C20H20FN3O2S. The van der Waals surface area contributed by atoms with E-state index in [0.29, 0.717) is 0 Å². The second kappa shape index (κ2) is 7.08. The Morgan fingerprint density at radius 3 is 2.48 bits per heavy atom. The number of aryl methyl sites for hydroxylation is 1. The van der Waals surface area contributed by atoms with Gasteiger partial charge in [-0.2, -0.15) is 0 Å². The number of thiocarbonyl (C=S) groups is 1. The number of carbonyl (C=O) groups excluding carboxylic acids is 2. The van der Waals surface area contributed by atoms with Crippen molar-refractivity contribution in [1.82, 2.24) is 9.88 Å². The molecule has 0 atom stereocenters. The van der Waals surface area contributed by atoms with Crippen LogP contribution in [0.4, 0.5) is 10.1 Å². The Balaban J connectivity index is 2.06. The predicted molar refractivity (Wildman–Crippen MR) is 107 cm³/mol. The maximum Gasteiger partial charge on any atom is 0.270 e. The van der Waals surface area contributed by atoms with E-state index in [1.54, 1.807) is 12.1 Å². The van der Waals surface area contributed by atoms with Gasteiger partial charge in [-0.25, -0.2) is 4.39 Å². The number of anilines is 1. The van der Waals surface area contributed by atoms with Crippen molar-refractivity contribution in [2.45, 2.75) is 33.7 Å². The van der Waals surface area contributed by atoms with Gasteiger partial charge >= 0.3 is 0 Å². The minimum absolute atomic E-state index is 0.0446. The number of aromatic nitrogens is 1. The van der Waals surface area contributed by atoms with Crippen LogP contribution in [0.2, 0.25) is 0 Å². The molecule has 1 aliphatic rings. The lowest BCUT2D eigenvalue weighted by Gasteiger charge is -2.28. The van der Waals surface area contributed by atoms with Crippen LogP contribution in [-0.2, 0) is 9.59 Å². The molecule has 0 aliphatic carbocycles. The number of hydrogen-bond donors (Lipinski definition) is 1. The van der Waals surface area contributed by atoms with E-state index >= 15 is 0 Å². The second-order valence-corrected chi connectivity index (χ2v) is 7.11. The summed E-state index contributed by atoms with van der Waals surface area (Å²) in [6, 6.07) is 7.71. The van der Waals surface area contributed by atoms with Crippen molar-refractivity contribution >= 4 is 40.9 Å². The lowest BCUT2D eigenvalue weighted by molar-refractivity contribution is -0.122. The minimum Gasteiger partial charge on any atom is -0.346 e. The van der Waals surface area contributed by atoms with E-state index in [-0.39, 0.29) is 22.4 Å². The molecule has 7 heteroatoms. The Morgan fingerprint density at radius 2 is 1.89 bits per heavy atom. The third-order valence-corrected chi connectivity index (χ3v) is 4.79. The van der Waals surface area contributed by atoms with Gasteiger partial charge in [0.05, 0.1) is 5.69 Å². The maximum absolute atomic E-state index is 13.6. The van der Waals surface area contributed by atoms with E-state index in [1.165, 1.54) is 18.2 Å². The first-order valence-corrected chi connectivity index (χ1v) is 8.97. The highest BCUT2D eigenvalue weighted by atomic mass is 32.1. The van der Waals surface area contributed by atoms with E-state index in [1.807, 2.05) is 19.9 Å². The first-order chi connectivity index (χ1) is 12.7. The van der Waals surface area contributed by atoms with Crippen LogP contribution >= 0.6 is 12.2 Å². The monoisotopic (exact) mass is 385 g/mol. The molecular weight excluding hydrogens is 365 g/mol. The zero-order chi connectivity index (χ0) is 19.9. The van der Waals surface area contributed by atoms with Crippen LogP contribution in [0.5, 0.6) is 0 Å². The van der Waals surface area contributed by atoms with Gasteiger partial charge in [0.1, 0.15) is 11.4 Å². The molecule has 2 aromatic rings. The summed E-state index contributed by atoms with van der Waals surface area (Å²) in [5.74, 6) is -1.64. The molecule has 3 rings (SSSR count). The van der Waals surface area contributed by atoms with E-state index in [2.05, 4.69) is 23.7 Å². The SMILES string of the molecule is Cc1cc(/C=C2\C(=O)NC(=S)N(c3cccc(F)c3)C2=O)c(C)n1C(C)C. The van der Waals surface area contributed by atoms with E-state index in [4.69, 9.17) is 12.2 Å². The lowest BCUT2D eigenvalue weighted by Crippen LogP contribution is -2.54. The summed E-state index contributed by atoms with van der Waals surface area (Å²) in [5.41, 5.74) is 3.00. The molecule has 1 N–H and O–H groups in total. The number of hydrogen-bond acceptors (Lipinski definition) is 3. The molecule has 0 bridgehead atoms. The number of amides is 2. The molecule has 0 saturated carbocycles. The molecule has 1 aromatic carbocycles. The van der Waals surface area contributed by atoms with Crippen LogP contribution in [0, 0.1) is 19.7 Å². The van der Waals surface area contributed by atoms with Crippen LogP contribution in [-0.4, -0.2) is 21.5 Å². The van der Waals surface area contributed by atoms with E-state index in [0.717, 1.165) is 21.9 Å². The lowest BCUT2D eigenvalue weighted by atomic mass is 10.1. The van der Waals surface area contributed by atoms with Gasteiger partial charge in [0.25, 0.3) is 11.8 Å². The molecule has 5 nitrogen and oxygen atoms in total. The zero-order valence-electron chi connectivity index (χ0n) is 15.5. The molecule has 1 aromatic heterocycles. The molecule has 140 valence electrons. The van der Waals surface area contributed by atoms with Gasteiger partial charge in [0.15, 0.2) is 5.11 Å². The van der Waals surface area contributed by atoms with Crippen LogP contribution in [0.15, 0.2) is 35.9 Å². The van der Waals surface area contributed by atoms with Gasteiger partial charge in [-0.3, -0.25) is 19.8 Å². The van der Waals surface area contributed by atoms with Crippen LogP contribution < -0.4 is 10.2 Å². The summed E-state index contributed by atoms with van der Waals surface area (Å²) in [7, 11) is 0. The first kappa shape index (κ1) is 19.0. The molecule has 2 amide bonds. The number of nitrogens with zero attached hydrogens (tertiary/aromatic N) is 2. The summed E-state index contributed by atoms with van der Waals surface area (Å²) >= 11 is 5.13. The highest BCUT2D eigenvalue weighted by molar-refractivity contribution is 7.80. The normalized spacial score (nSPS) is 16.4. The summed E-state index contributed by atoms with van der Waals surface area (Å²) in [4.78, 5) is 26.5. The third-order valence-electron chi connectivity index (χ3n) is 4.51. The van der Waals surface area contributed by atoms with Gasteiger partial charge < -0.3 is 4.57 Å². The van der Waals surface area contributed by atoms with E-state index < -0.39 is 17.6 Å². The highest BCUT2D eigenvalue weighted by Gasteiger charge is 2.34. The van der Waals surface area contributed by atoms with Gasteiger partial charge in [-0.05, 0) is 75.8 Å². The Bertz CT molecular complexity index is 991. The van der Waals surface area contributed by atoms with Crippen molar-refractivity contribution < 1.29 is 14.0 Å². The molecule has 0 spiro atoms. The molecule has 2 heterocycles. The predicted octanol–water partition coefficient (Wildman–Crippen LogP) is 3.66. The van der Waals surface area contributed by atoms with Gasteiger partial charge in [0, 0.05) is 17.4 Å². The Labute approximate surface area is 162 Å². The largest absolute Gasteiger partial charge is 0.346 e. The number of carbonyl (C=O) groups is 2. The Kier molecular flexibility index (Phi) is 4.97. The maximum atomic E-state index is 13.6. The van der Waals surface area contributed by atoms with Gasteiger partial charge in [-0.1, -0.05) is 6.07 Å². The van der Waals surface area contributed by atoms with Gasteiger partial charge in [-0.15, -0.1) is 0 Å². The van der Waals surface area contributed by atoms with Crippen LogP contribution in [0.3, 0.4) is 0 Å².